The van der Waals surface area contributed by atoms with Gasteiger partial charge in [-0.15, -0.1) is 0 Å². The predicted octanol–water partition coefficient (Wildman–Crippen LogP) is 6.07. The fourth-order valence-electron chi connectivity index (χ4n) is 3.65. The third-order valence-corrected chi connectivity index (χ3v) is 5.45. The summed E-state index contributed by atoms with van der Waals surface area (Å²) in [4.78, 5) is 15.2. The summed E-state index contributed by atoms with van der Waals surface area (Å²) < 4.78 is 15.7. The maximum atomic E-state index is 13.6. The molecule has 0 saturated heterocycles. The van der Waals surface area contributed by atoms with Crippen molar-refractivity contribution in [2.75, 3.05) is 6.54 Å². The average molecular weight is 407 g/mol. The fraction of sp³-hybridized carbons (Fsp3) is 0.346. The Hall–Kier alpha value is -2.88. The molecule has 0 fully saturated rings. The van der Waals surface area contributed by atoms with E-state index in [0.717, 1.165) is 49.0 Å². The second kappa shape index (κ2) is 10.8. The van der Waals surface area contributed by atoms with Crippen LogP contribution in [0.4, 0.5) is 4.39 Å². The summed E-state index contributed by atoms with van der Waals surface area (Å²) >= 11 is 0. The fourth-order valence-corrected chi connectivity index (χ4v) is 3.65. The summed E-state index contributed by atoms with van der Waals surface area (Å²) in [6, 6.07) is 18.6. The smallest absolute Gasteiger partial charge is 0.254 e. The number of nitrogens with zero attached hydrogens (tertiary/aromatic N) is 2. The van der Waals surface area contributed by atoms with Gasteiger partial charge in [0.05, 0.1) is 6.54 Å². The number of aryl methyl sites for hydroxylation is 1. The highest BCUT2D eigenvalue weighted by molar-refractivity contribution is 5.94. The van der Waals surface area contributed by atoms with E-state index in [-0.39, 0.29) is 11.7 Å². The van der Waals surface area contributed by atoms with Gasteiger partial charge in [0.15, 0.2) is 0 Å². The van der Waals surface area contributed by atoms with Crippen molar-refractivity contribution in [1.29, 1.82) is 0 Å². The van der Waals surface area contributed by atoms with Crippen molar-refractivity contribution >= 4 is 5.91 Å². The predicted molar refractivity (Wildman–Crippen MR) is 120 cm³/mol. The van der Waals surface area contributed by atoms with Gasteiger partial charge in [0.25, 0.3) is 5.91 Å². The number of carbonyl (C=O) groups is 1. The monoisotopic (exact) mass is 406 g/mol. The van der Waals surface area contributed by atoms with E-state index in [0.29, 0.717) is 13.1 Å². The van der Waals surface area contributed by atoms with Crippen LogP contribution in [0.1, 0.15) is 60.3 Å². The zero-order valence-electron chi connectivity index (χ0n) is 18.0. The van der Waals surface area contributed by atoms with Crippen LogP contribution in [0.25, 0.3) is 0 Å². The molecular formula is C26H31FN2O. The minimum Gasteiger partial charge on any atom is -0.345 e. The molecule has 3 rings (SSSR count). The lowest BCUT2D eigenvalue weighted by molar-refractivity contribution is 0.0736. The first-order valence-corrected chi connectivity index (χ1v) is 10.9. The Morgan fingerprint density at radius 3 is 2.47 bits per heavy atom. The molecule has 3 aromatic rings. The Kier molecular flexibility index (Phi) is 7.83. The molecule has 0 aliphatic carbocycles. The van der Waals surface area contributed by atoms with Gasteiger partial charge in [-0.2, -0.15) is 0 Å². The Balaban J connectivity index is 1.77. The molecule has 1 amide bonds. The topological polar surface area (TPSA) is 25.2 Å². The minimum atomic E-state index is -0.229. The number of unbranched alkanes of at least 4 members (excludes halogenated alkanes) is 2. The lowest BCUT2D eigenvalue weighted by atomic mass is 10.1. The number of aromatic nitrogens is 1. The van der Waals surface area contributed by atoms with Crippen LogP contribution >= 0.6 is 0 Å². The number of hydrogen-bond acceptors (Lipinski definition) is 1. The van der Waals surface area contributed by atoms with Gasteiger partial charge in [-0.05, 0) is 60.4 Å². The van der Waals surface area contributed by atoms with E-state index in [1.165, 1.54) is 11.6 Å². The molecule has 0 aliphatic rings. The molecule has 0 aliphatic heterocycles. The van der Waals surface area contributed by atoms with Crippen LogP contribution in [0.5, 0.6) is 0 Å². The van der Waals surface area contributed by atoms with Crippen LogP contribution in [0.3, 0.4) is 0 Å². The standard InChI is InChI=1S/C26H31FN2O/c1-3-5-6-16-29(26(30)23-14-12-21(4-2)13-15-23)20-25-11-8-17-28(25)19-22-9-7-10-24(27)18-22/h7-15,17-18H,3-6,16,19-20H2,1-2H3. The van der Waals surface area contributed by atoms with Gasteiger partial charge in [-0.3, -0.25) is 4.79 Å². The molecule has 0 atom stereocenters. The van der Waals surface area contributed by atoms with Crippen molar-refractivity contribution in [3.05, 3.63) is 95.1 Å². The van der Waals surface area contributed by atoms with Gasteiger partial charge < -0.3 is 9.47 Å². The Bertz CT molecular complexity index is 946. The van der Waals surface area contributed by atoms with Crippen LogP contribution in [0.2, 0.25) is 0 Å². The zero-order valence-corrected chi connectivity index (χ0v) is 18.0. The molecule has 0 N–H and O–H groups in total. The van der Waals surface area contributed by atoms with E-state index in [1.807, 2.05) is 53.6 Å². The largest absolute Gasteiger partial charge is 0.345 e. The first kappa shape index (κ1) is 21.8. The molecule has 0 saturated carbocycles. The summed E-state index contributed by atoms with van der Waals surface area (Å²) in [6.45, 7) is 6.14. The highest BCUT2D eigenvalue weighted by Crippen LogP contribution is 2.16. The van der Waals surface area contributed by atoms with Crippen LogP contribution in [0.15, 0.2) is 66.9 Å². The minimum absolute atomic E-state index is 0.0623. The van der Waals surface area contributed by atoms with E-state index < -0.39 is 0 Å². The van der Waals surface area contributed by atoms with Crippen LogP contribution < -0.4 is 0 Å². The van der Waals surface area contributed by atoms with Gasteiger partial charge in [0.2, 0.25) is 0 Å². The summed E-state index contributed by atoms with van der Waals surface area (Å²) in [7, 11) is 0. The number of carbonyl (C=O) groups excluding carboxylic acids is 1. The van der Waals surface area contributed by atoms with Crippen LogP contribution in [-0.2, 0) is 19.5 Å². The summed E-state index contributed by atoms with van der Waals surface area (Å²) in [6.07, 6.45) is 6.15. The molecule has 0 radical (unpaired) electrons. The molecule has 1 aromatic heterocycles. The third kappa shape index (κ3) is 5.82. The second-order valence-corrected chi connectivity index (χ2v) is 7.74. The zero-order chi connectivity index (χ0) is 21.3. The van der Waals surface area contributed by atoms with Crippen LogP contribution in [-0.4, -0.2) is 21.9 Å². The van der Waals surface area contributed by atoms with E-state index in [9.17, 15) is 9.18 Å². The molecule has 30 heavy (non-hydrogen) atoms. The van der Waals surface area contributed by atoms with E-state index in [4.69, 9.17) is 0 Å². The van der Waals surface area contributed by atoms with Gasteiger partial charge in [0, 0.05) is 30.5 Å². The van der Waals surface area contributed by atoms with E-state index in [1.54, 1.807) is 12.1 Å². The van der Waals surface area contributed by atoms with Crippen molar-refractivity contribution in [2.24, 2.45) is 0 Å². The third-order valence-electron chi connectivity index (χ3n) is 5.45. The van der Waals surface area contributed by atoms with E-state index >= 15 is 0 Å². The first-order chi connectivity index (χ1) is 14.6. The summed E-state index contributed by atoms with van der Waals surface area (Å²) in [5, 5.41) is 0. The highest BCUT2D eigenvalue weighted by Gasteiger charge is 2.17. The average Bonchev–Trinajstić information content (AvgIpc) is 3.19. The summed E-state index contributed by atoms with van der Waals surface area (Å²) in [5.74, 6) is -0.166. The number of amides is 1. The molecule has 1 heterocycles. The molecule has 2 aromatic carbocycles. The number of halogens is 1. The molecular weight excluding hydrogens is 375 g/mol. The number of benzene rings is 2. The highest BCUT2D eigenvalue weighted by atomic mass is 19.1. The van der Waals surface area contributed by atoms with Gasteiger partial charge >= 0.3 is 0 Å². The van der Waals surface area contributed by atoms with Gasteiger partial charge in [-0.1, -0.05) is 51.0 Å². The normalized spacial score (nSPS) is 10.9. The first-order valence-electron chi connectivity index (χ1n) is 10.9. The Morgan fingerprint density at radius 1 is 0.967 bits per heavy atom. The maximum Gasteiger partial charge on any atom is 0.254 e. The Morgan fingerprint density at radius 2 is 1.77 bits per heavy atom. The number of hydrogen-bond donors (Lipinski definition) is 0. The maximum absolute atomic E-state index is 13.6. The molecule has 0 spiro atoms. The number of rotatable bonds is 10. The van der Waals surface area contributed by atoms with Crippen LogP contribution in [0, 0.1) is 5.82 Å². The van der Waals surface area contributed by atoms with Gasteiger partial charge in [-0.25, -0.2) is 4.39 Å². The molecule has 3 nitrogen and oxygen atoms in total. The SMILES string of the molecule is CCCCCN(Cc1cccn1Cc1cccc(F)c1)C(=O)c1ccc(CC)cc1. The lowest BCUT2D eigenvalue weighted by Crippen LogP contribution is -2.32. The van der Waals surface area contributed by atoms with Crippen molar-refractivity contribution in [2.45, 2.75) is 52.6 Å². The van der Waals surface area contributed by atoms with Crippen molar-refractivity contribution in [1.82, 2.24) is 9.47 Å². The molecule has 158 valence electrons. The van der Waals surface area contributed by atoms with Crippen molar-refractivity contribution < 1.29 is 9.18 Å². The second-order valence-electron chi connectivity index (χ2n) is 7.74. The van der Waals surface area contributed by atoms with E-state index in [2.05, 4.69) is 18.4 Å². The molecule has 4 heteroatoms. The molecule has 0 bridgehead atoms. The lowest BCUT2D eigenvalue weighted by Gasteiger charge is -2.24. The quantitative estimate of drug-likeness (QED) is 0.375. The Labute approximate surface area is 179 Å². The van der Waals surface area contributed by atoms with Gasteiger partial charge in [0.1, 0.15) is 5.82 Å². The summed E-state index contributed by atoms with van der Waals surface area (Å²) in [5.41, 5.74) is 3.92. The van der Waals surface area contributed by atoms with Crippen molar-refractivity contribution in [3.8, 4) is 0 Å². The molecule has 0 unspecified atom stereocenters. The van der Waals surface area contributed by atoms with Crippen molar-refractivity contribution in [3.63, 3.8) is 0 Å².